The highest BCUT2D eigenvalue weighted by atomic mass is 19.1. The number of carbonyl (C=O) groups excluding carboxylic acids is 1. The van der Waals surface area contributed by atoms with E-state index in [0.717, 1.165) is 17.6 Å². The van der Waals surface area contributed by atoms with Gasteiger partial charge in [-0.15, -0.1) is 0 Å². The predicted octanol–water partition coefficient (Wildman–Crippen LogP) is 4.01. The first kappa shape index (κ1) is 12.3. The molecule has 19 heavy (non-hydrogen) atoms. The molecule has 3 aliphatic rings. The minimum atomic E-state index is -0.229. The molecule has 2 heteroatoms. The lowest BCUT2D eigenvalue weighted by atomic mass is 9.48. The van der Waals surface area contributed by atoms with Gasteiger partial charge < -0.3 is 0 Å². The lowest BCUT2D eigenvalue weighted by molar-refractivity contribution is -0.133. The van der Waals surface area contributed by atoms with Crippen LogP contribution < -0.4 is 0 Å². The zero-order chi connectivity index (χ0) is 13.6. The van der Waals surface area contributed by atoms with Crippen molar-refractivity contribution in [2.24, 2.45) is 17.3 Å². The number of fused-ring (bicyclic) bond motifs is 1. The van der Waals surface area contributed by atoms with Gasteiger partial charge in [-0.2, -0.15) is 0 Å². The van der Waals surface area contributed by atoms with E-state index in [2.05, 4.69) is 13.8 Å². The summed E-state index contributed by atoms with van der Waals surface area (Å²) in [6.45, 7) is 4.34. The zero-order valence-electron chi connectivity index (χ0n) is 11.2. The number of rotatable bonds is 2. The van der Waals surface area contributed by atoms with E-state index in [-0.39, 0.29) is 22.9 Å². The second kappa shape index (κ2) is 4.16. The molecule has 0 radical (unpaired) electrons. The van der Waals surface area contributed by atoms with Crippen LogP contribution in [0.1, 0.15) is 25.8 Å². The first-order valence-electron chi connectivity index (χ1n) is 6.67. The van der Waals surface area contributed by atoms with Gasteiger partial charge in [0.25, 0.3) is 0 Å². The Balaban J connectivity index is 1.84. The number of halogens is 1. The Bertz CT molecular complexity index is 578. The van der Waals surface area contributed by atoms with Crippen LogP contribution in [0.3, 0.4) is 0 Å². The smallest absolute Gasteiger partial charge is 0.159 e. The van der Waals surface area contributed by atoms with Crippen molar-refractivity contribution in [2.45, 2.75) is 20.3 Å². The molecular formula is C17H17FO. The fourth-order valence-electron chi connectivity index (χ4n) is 3.27. The fraction of sp³-hybridized carbons (Fsp3) is 0.353. The molecule has 0 heterocycles. The molecule has 1 fully saturated rings. The third-order valence-electron chi connectivity index (χ3n) is 4.66. The van der Waals surface area contributed by atoms with Gasteiger partial charge in [0.05, 0.1) is 0 Å². The number of hydrogen-bond donors (Lipinski definition) is 0. The van der Waals surface area contributed by atoms with Crippen LogP contribution in [0.5, 0.6) is 0 Å². The number of allylic oxidation sites excluding steroid dienone is 3. The third-order valence-corrected chi connectivity index (χ3v) is 4.66. The maximum atomic E-state index is 12.8. The quantitative estimate of drug-likeness (QED) is 0.781. The summed E-state index contributed by atoms with van der Waals surface area (Å²) in [5.74, 6) is 0.714. The van der Waals surface area contributed by atoms with Gasteiger partial charge in [-0.1, -0.05) is 38.1 Å². The van der Waals surface area contributed by atoms with E-state index in [9.17, 15) is 9.18 Å². The first-order valence-corrected chi connectivity index (χ1v) is 6.67. The van der Waals surface area contributed by atoms with Crippen molar-refractivity contribution < 1.29 is 9.18 Å². The molecule has 1 nitrogen and oxygen atoms in total. The number of benzene rings is 1. The van der Waals surface area contributed by atoms with Crippen molar-refractivity contribution in [3.05, 3.63) is 53.4 Å². The van der Waals surface area contributed by atoms with Crippen LogP contribution >= 0.6 is 0 Å². The van der Waals surface area contributed by atoms with Gasteiger partial charge in [0.2, 0.25) is 0 Å². The van der Waals surface area contributed by atoms with Crippen molar-refractivity contribution in [3.63, 3.8) is 0 Å². The van der Waals surface area contributed by atoms with E-state index < -0.39 is 0 Å². The Hall–Kier alpha value is -1.70. The molecule has 98 valence electrons. The fourth-order valence-corrected chi connectivity index (χ4v) is 3.27. The molecule has 0 aliphatic heterocycles. The predicted molar refractivity (Wildman–Crippen MR) is 73.9 cm³/mol. The van der Waals surface area contributed by atoms with Gasteiger partial charge >= 0.3 is 0 Å². The van der Waals surface area contributed by atoms with Gasteiger partial charge in [0, 0.05) is 5.92 Å². The van der Waals surface area contributed by atoms with E-state index >= 15 is 0 Å². The van der Waals surface area contributed by atoms with Crippen molar-refractivity contribution in [1.82, 2.24) is 0 Å². The zero-order valence-corrected chi connectivity index (χ0v) is 11.2. The van der Waals surface area contributed by atoms with Crippen molar-refractivity contribution in [3.8, 4) is 0 Å². The van der Waals surface area contributed by atoms with E-state index in [0.29, 0.717) is 5.92 Å². The van der Waals surface area contributed by atoms with Gasteiger partial charge in [-0.05, 0) is 47.1 Å². The standard InChI is InChI=1S/C17H17FO/c1-17(2)14-10-15(17)16(19)9-12(14)6-3-11-4-7-13(18)8-5-11/h3-9,14-15H,10H2,1-2H3/b6-3+. The average molecular weight is 256 g/mol. The Morgan fingerprint density at radius 3 is 2.42 bits per heavy atom. The Kier molecular flexibility index (Phi) is 2.70. The molecule has 3 aliphatic carbocycles. The van der Waals surface area contributed by atoms with Crippen LogP contribution in [0.4, 0.5) is 4.39 Å². The maximum Gasteiger partial charge on any atom is 0.159 e. The van der Waals surface area contributed by atoms with Crippen LogP contribution in [0.25, 0.3) is 6.08 Å². The molecule has 0 spiro atoms. The van der Waals surface area contributed by atoms with Crippen molar-refractivity contribution >= 4 is 11.9 Å². The normalized spacial score (nSPS) is 28.2. The largest absolute Gasteiger partial charge is 0.295 e. The van der Waals surface area contributed by atoms with E-state index in [4.69, 9.17) is 0 Å². The Labute approximate surface area is 112 Å². The minimum Gasteiger partial charge on any atom is -0.295 e. The monoisotopic (exact) mass is 256 g/mol. The van der Waals surface area contributed by atoms with Gasteiger partial charge in [-0.25, -0.2) is 4.39 Å². The number of hydrogen-bond acceptors (Lipinski definition) is 1. The van der Waals surface area contributed by atoms with Crippen LogP contribution in [0.2, 0.25) is 0 Å². The van der Waals surface area contributed by atoms with Crippen molar-refractivity contribution in [1.29, 1.82) is 0 Å². The minimum absolute atomic E-state index is 0.0916. The van der Waals surface area contributed by atoms with Crippen molar-refractivity contribution in [2.75, 3.05) is 0 Å². The van der Waals surface area contributed by atoms with Gasteiger partial charge in [0.15, 0.2) is 5.78 Å². The lowest BCUT2D eigenvalue weighted by Gasteiger charge is -2.54. The molecule has 1 aromatic rings. The van der Waals surface area contributed by atoms with Crippen LogP contribution in [0, 0.1) is 23.1 Å². The molecule has 2 unspecified atom stereocenters. The summed E-state index contributed by atoms with van der Waals surface area (Å²) in [6.07, 6.45) is 6.72. The van der Waals surface area contributed by atoms with E-state index in [1.165, 1.54) is 12.1 Å². The summed E-state index contributed by atoms with van der Waals surface area (Å²) in [4.78, 5) is 12.0. The van der Waals surface area contributed by atoms with Crippen LogP contribution in [-0.2, 0) is 4.79 Å². The summed E-state index contributed by atoms with van der Waals surface area (Å²) in [7, 11) is 0. The third kappa shape index (κ3) is 1.95. The summed E-state index contributed by atoms with van der Waals surface area (Å²) in [6, 6.07) is 6.38. The van der Waals surface area contributed by atoms with Crippen LogP contribution in [0.15, 0.2) is 42.0 Å². The highest BCUT2D eigenvalue weighted by Gasteiger charge is 2.54. The molecule has 2 bridgehead atoms. The van der Waals surface area contributed by atoms with Gasteiger partial charge in [0.1, 0.15) is 5.82 Å². The van der Waals surface area contributed by atoms with Crippen LogP contribution in [-0.4, -0.2) is 5.78 Å². The lowest BCUT2D eigenvalue weighted by Crippen LogP contribution is -2.52. The molecular weight excluding hydrogens is 239 g/mol. The van der Waals surface area contributed by atoms with E-state index in [1.54, 1.807) is 18.2 Å². The average Bonchev–Trinajstić information content (AvgIpc) is 2.37. The molecule has 4 rings (SSSR count). The SMILES string of the molecule is CC1(C)C2CC1C(/C=C/c1ccc(F)cc1)=CC2=O. The van der Waals surface area contributed by atoms with E-state index in [1.807, 2.05) is 12.2 Å². The highest BCUT2D eigenvalue weighted by Crippen LogP contribution is 2.58. The first-order chi connectivity index (χ1) is 8.98. The number of ketones is 1. The Morgan fingerprint density at radius 1 is 1.16 bits per heavy atom. The molecule has 0 aromatic heterocycles. The molecule has 1 saturated carbocycles. The number of carbonyl (C=O) groups is 1. The molecule has 1 aromatic carbocycles. The summed E-state index contributed by atoms with van der Waals surface area (Å²) in [5.41, 5.74) is 2.16. The summed E-state index contributed by atoms with van der Waals surface area (Å²) in [5, 5.41) is 0. The Morgan fingerprint density at radius 2 is 1.84 bits per heavy atom. The second-order valence-electron chi connectivity index (χ2n) is 6.09. The topological polar surface area (TPSA) is 17.1 Å². The highest BCUT2D eigenvalue weighted by molar-refractivity contribution is 5.96. The molecule has 2 atom stereocenters. The molecule has 0 N–H and O–H groups in total. The second-order valence-corrected chi connectivity index (χ2v) is 6.09. The molecule has 0 saturated heterocycles. The van der Waals surface area contributed by atoms with Gasteiger partial charge in [-0.3, -0.25) is 4.79 Å². The summed E-state index contributed by atoms with van der Waals surface area (Å²) >= 11 is 0. The summed E-state index contributed by atoms with van der Waals surface area (Å²) < 4.78 is 12.8. The molecule has 0 amide bonds. The maximum absolute atomic E-state index is 12.8.